The maximum atomic E-state index is 13.2. The number of carbonyl (C=O) groups is 2. The fourth-order valence-corrected chi connectivity index (χ4v) is 2.95. The summed E-state index contributed by atoms with van der Waals surface area (Å²) in [7, 11) is 0. The molecule has 1 aliphatic carbocycles. The third-order valence-corrected chi connectivity index (χ3v) is 4.17. The first-order valence-electron chi connectivity index (χ1n) is 7.25. The van der Waals surface area contributed by atoms with Gasteiger partial charge in [-0.25, -0.2) is 9.18 Å². The van der Waals surface area contributed by atoms with E-state index in [2.05, 4.69) is 5.32 Å². The molecule has 0 bridgehead atoms. The zero-order valence-corrected chi connectivity index (χ0v) is 11.9. The van der Waals surface area contributed by atoms with Crippen molar-refractivity contribution in [2.24, 2.45) is 0 Å². The number of halogens is 1. The van der Waals surface area contributed by atoms with Crippen LogP contribution in [0.1, 0.15) is 42.7 Å². The van der Waals surface area contributed by atoms with Crippen LogP contribution in [0.2, 0.25) is 0 Å². The lowest BCUT2D eigenvalue weighted by Crippen LogP contribution is -2.55. The number of amides is 1. The quantitative estimate of drug-likeness (QED) is 0.913. The van der Waals surface area contributed by atoms with Gasteiger partial charge >= 0.3 is 5.97 Å². The third kappa shape index (κ3) is 2.56. The summed E-state index contributed by atoms with van der Waals surface area (Å²) in [5, 5.41) is 12.5. The molecule has 5 nitrogen and oxygen atoms in total. The van der Waals surface area contributed by atoms with Crippen molar-refractivity contribution < 1.29 is 23.5 Å². The Hall–Kier alpha value is -2.37. The minimum atomic E-state index is -1.24. The Kier molecular flexibility index (Phi) is 3.60. The molecule has 1 fully saturated rings. The van der Waals surface area contributed by atoms with Crippen molar-refractivity contribution in [1.82, 2.24) is 5.32 Å². The lowest BCUT2D eigenvalue weighted by molar-refractivity contribution is -0.145. The van der Waals surface area contributed by atoms with Crippen LogP contribution in [0.15, 0.2) is 28.7 Å². The van der Waals surface area contributed by atoms with Gasteiger partial charge in [0, 0.05) is 5.39 Å². The topological polar surface area (TPSA) is 79.5 Å². The van der Waals surface area contributed by atoms with Crippen molar-refractivity contribution in [3.05, 3.63) is 35.8 Å². The molecule has 1 aromatic carbocycles. The summed E-state index contributed by atoms with van der Waals surface area (Å²) in [5.74, 6) is -2.04. The monoisotopic (exact) mass is 305 g/mol. The van der Waals surface area contributed by atoms with E-state index in [1.807, 2.05) is 0 Å². The molecule has 2 aromatic rings. The number of furan rings is 1. The Morgan fingerprint density at radius 3 is 2.59 bits per heavy atom. The largest absolute Gasteiger partial charge is 0.480 e. The van der Waals surface area contributed by atoms with E-state index >= 15 is 0 Å². The molecule has 1 heterocycles. The molecule has 1 aliphatic rings. The number of carbonyl (C=O) groups excluding carboxylic acids is 1. The lowest BCUT2D eigenvalue weighted by Gasteiger charge is -2.33. The molecule has 1 saturated carbocycles. The van der Waals surface area contributed by atoms with E-state index in [4.69, 9.17) is 4.42 Å². The molecule has 0 radical (unpaired) electrons. The minimum absolute atomic E-state index is 0.00759. The second-order valence-electron chi connectivity index (χ2n) is 5.69. The fourth-order valence-electron chi connectivity index (χ4n) is 2.95. The predicted octanol–water partition coefficient (Wildman–Crippen LogP) is 3.09. The Balaban J connectivity index is 1.86. The van der Waals surface area contributed by atoms with E-state index in [1.54, 1.807) is 0 Å². The van der Waals surface area contributed by atoms with Gasteiger partial charge in [-0.1, -0.05) is 19.3 Å². The highest BCUT2D eigenvalue weighted by Gasteiger charge is 2.41. The molecule has 1 amide bonds. The molecule has 3 rings (SSSR count). The highest BCUT2D eigenvalue weighted by atomic mass is 19.1. The van der Waals surface area contributed by atoms with Crippen LogP contribution in [0.5, 0.6) is 0 Å². The number of hydrogen-bond donors (Lipinski definition) is 2. The van der Waals surface area contributed by atoms with Crippen molar-refractivity contribution in [3.63, 3.8) is 0 Å². The standard InChI is InChI=1S/C16H16FNO4/c17-11-4-5-12-10(8-11)9-13(22-12)14(19)18-16(15(20)21)6-2-1-3-7-16/h4-5,8-9H,1-3,6-7H2,(H,18,19)(H,20,21). The van der Waals surface area contributed by atoms with Crippen LogP contribution in [0.3, 0.4) is 0 Å². The molecule has 2 N–H and O–H groups in total. The number of hydrogen-bond acceptors (Lipinski definition) is 3. The average molecular weight is 305 g/mol. The molecule has 0 atom stereocenters. The summed E-state index contributed by atoms with van der Waals surface area (Å²) in [6.45, 7) is 0. The van der Waals surface area contributed by atoms with E-state index in [1.165, 1.54) is 24.3 Å². The second-order valence-corrected chi connectivity index (χ2v) is 5.69. The maximum Gasteiger partial charge on any atom is 0.329 e. The molecule has 0 unspecified atom stereocenters. The summed E-state index contributed by atoms with van der Waals surface area (Å²) in [6.07, 6.45) is 3.30. The molecule has 0 spiro atoms. The van der Waals surface area contributed by atoms with Gasteiger partial charge in [-0.3, -0.25) is 4.79 Å². The van der Waals surface area contributed by atoms with Gasteiger partial charge < -0.3 is 14.8 Å². The smallest absolute Gasteiger partial charge is 0.329 e. The number of nitrogens with one attached hydrogen (secondary N) is 1. The SMILES string of the molecule is O=C(NC1(C(=O)O)CCCCC1)c1cc2cc(F)ccc2o1. The molecule has 22 heavy (non-hydrogen) atoms. The van der Waals surface area contributed by atoms with Crippen LogP contribution < -0.4 is 5.32 Å². The van der Waals surface area contributed by atoms with Crippen LogP contribution in [0, 0.1) is 5.82 Å². The van der Waals surface area contributed by atoms with Crippen LogP contribution in [-0.4, -0.2) is 22.5 Å². The van der Waals surface area contributed by atoms with Gasteiger partial charge in [0.15, 0.2) is 5.76 Å². The predicted molar refractivity (Wildman–Crippen MR) is 77.1 cm³/mol. The number of fused-ring (bicyclic) bond motifs is 1. The van der Waals surface area contributed by atoms with E-state index in [0.717, 1.165) is 19.3 Å². The Morgan fingerprint density at radius 2 is 1.91 bits per heavy atom. The first kappa shape index (κ1) is 14.6. The molecule has 116 valence electrons. The van der Waals surface area contributed by atoms with Crippen LogP contribution >= 0.6 is 0 Å². The average Bonchev–Trinajstić information content (AvgIpc) is 2.91. The molecule has 0 saturated heterocycles. The van der Waals surface area contributed by atoms with E-state index in [-0.39, 0.29) is 5.76 Å². The lowest BCUT2D eigenvalue weighted by atomic mass is 9.81. The Morgan fingerprint density at radius 1 is 1.18 bits per heavy atom. The van der Waals surface area contributed by atoms with Crippen molar-refractivity contribution >= 4 is 22.8 Å². The highest BCUT2D eigenvalue weighted by Crippen LogP contribution is 2.29. The number of aliphatic carboxylic acids is 1. The van der Waals surface area contributed by atoms with Crippen LogP contribution in [0.4, 0.5) is 4.39 Å². The molecule has 1 aromatic heterocycles. The van der Waals surface area contributed by atoms with Crippen molar-refractivity contribution in [3.8, 4) is 0 Å². The summed E-state index contributed by atoms with van der Waals surface area (Å²) < 4.78 is 18.5. The van der Waals surface area contributed by atoms with E-state index in [0.29, 0.717) is 23.8 Å². The van der Waals surface area contributed by atoms with Crippen molar-refractivity contribution in [2.45, 2.75) is 37.6 Å². The van der Waals surface area contributed by atoms with Gasteiger partial charge in [0.1, 0.15) is 16.9 Å². The van der Waals surface area contributed by atoms with E-state index < -0.39 is 23.2 Å². The van der Waals surface area contributed by atoms with E-state index in [9.17, 15) is 19.1 Å². The fraction of sp³-hybridized carbons (Fsp3) is 0.375. The molecule has 0 aliphatic heterocycles. The first-order valence-corrected chi connectivity index (χ1v) is 7.25. The molecule has 6 heteroatoms. The third-order valence-electron chi connectivity index (χ3n) is 4.17. The van der Waals surface area contributed by atoms with Gasteiger partial charge in [0.05, 0.1) is 0 Å². The number of carboxylic acids is 1. The number of rotatable bonds is 3. The summed E-state index contributed by atoms with van der Waals surface area (Å²) in [4.78, 5) is 23.9. The van der Waals surface area contributed by atoms with Gasteiger partial charge in [-0.05, 0) is 37.1 Å². The maximum absolute atomic E-state index is 13.2. The zero-order valence-electron chi connectivity index (χ0n) is 11.9. The minimum Gasteiger partial charge on any atom is -0.480 e. The number of benzene rings is 1. The van der Waals surface area contributed by atoms with Gasteiger partial charge in [-0.15, -0.1) is 0 Å². The first-order chi connectivity index (χ1) is 10.5. The van der Waals surface area contributed by atoms with Gasteiger partial charge in [-0.2, -0.15) is 0 Å². The van der Waals surface area contributed by atoms with Crippen molar-refractivity contribution in [1.29, 1.82) is 0 Å². The highest BCUT2D eigenvalue weighted by molar-refractivity contribution is 5.99. The van der Waals surface area contributed by atoms with Crippen molar-refractivity contribution in [2.75, 3.05) is 0 Å². The molecular weight excluding hydrogens is 289 g/mol. The zero-order chi connectivity index (χ0) is 15.7. The summed E-state index contributed by atoms with van der Waals surface area (Å²) in [5.41, 5.74) is -0.848. The van der Waals surface area contributed by atoms with Crippen LogP contribution in [0.25, 0.3) is 11.0 Å². The number of carboxylic acid groups (broad SMARTS) is 1. The van der Waals surface area contributed by atoms with Gasteiger partial charge in [0.2, 0.25) is 0 Å². The molecular formula is C16H16FNO4. The normalized spacial score (nSPS) is 17.3. The van der Waals surface area contributed by atoms with Gasteiger partial charge in [0.25, 0.3) is 5.91 Å². The Bertz CT molecular complexity index is 731. The van der Waals surface area contributed by atoms with Crippen LogP contribution in [-0.2, 0) is 4.79 Å². The second kappa shape index (κ2) is 5.44. The summed E-state index contributed by atoms with van der Waals surface area (Å²) in [6, 6.07) is 5.37. The Labute approximate surface area is 126 Å². The summed E-state index contributed by atoms with van der Waals surface area (Å²) >= 11 is 0.